The summed E-state index contributed by atoms with van der Waals surface area (Å²) in [6, 6.07) is 11.5. The number of aryl methyl sites for hydroxylation is 1. The summed E-state index contributed by atoms with van der Waals surface area (Å²) in [7, 11) is 1.60. The Morgan fingerprint density at radius 2 is 1.92 bits per heavy atom. The van der Waals surface area contributed by atoms with E-state index in [0.717, 1.165) is 40.7 Å². The van der Waals surface area contributed by atoms with Crippen molar-refractivity contribution in [1.82, 2.24) is 14.7 Å². The lowest BCUT2D eigenvalue weighted by molar-refractivity contribution is -0.155. The molecule has 1 aliphatic heterocycles. The van der Waals surface area contributed by atoms with E-state index in [1.165, 1.54) is 0 Å². The van der Waals surface area contributed by atoms with E-state index in [2.05, 4.69) is 14.7 Å². The van der Waals surface area contributed by atoms with Crippen molar-refractivity contribution >= 4 is 28.5 Å². The SMILES string of the molecule is COc1cc(-c2nc(-c3ccc4c(c3)c(Cl)c3n4CCC3CC(=O)OC(C)(C)C)no2)ccc1OC(C)C. The number of halogens is 1. The van der Waals surface area contributed by atoms with Crippen molar-refractivity contribution in [2.75, 3.05) is 7.11 Å². The van der Waals surface area contributed by atoms with Crippen LogP contribution in [-0.4, -0.2) is 39.5 Å². The first-order valence-electron chi connectivity index (χ1n) is 12.8. The zero-order chi connectivity index (χ0) is 27.2. The lowest BCUT2D eigenvalue weighted by Crippen LogP contribution is -2.24. The molecule has 0 radical (unpaired) electrons. The minimum atomic E-state index is -0.514. The van der Waals surface area contributed by atoms with Gasteiger partial charge < -0.3 is 23.3 Å². The van der Waals surface area contributed by atoms with Crippen LogP contribution >= 0.6 is 11.6 Å². The number of ether oxygens (including phenoxy) is 3. The standard InChI is InChI=1S/C29H32ClN3O5/c1-16(2)36-22-10-8-19(14-23(22)35-6)28-31-27(32-38-28)18-7-9-21-20(13-18)25(30)26-17(11-12-33(21)26)15-24(34)37-29(3,4)5/h7-10,13-14,16-17H,11-12,15H2,1-6H3. The summed E-state index contributed by atoms with van der Waals surface area (Å²) in [6.45, 7) is 10.4. The zero-order valence-corrected chi connectivity index (χ0v) is 23.3. The van der Waals surface area contributed by atoms with Gasteiger partial charge in [0.05, 0.1) is 24.7 Å². The number of hydrogen-bond donors (Lipinski definition) is 0. The second-order valence-corrected chi connectivity index (χ2v) is 11.2. The maximum atomic E-state index is 12.5. The van der Waals surface area contributed by atoms with Gasteiger partial charge in [0, 0.05) is 40.2 Å². The third kappa shape index (κ3) is 5.10. The maximum absolute atomic E-state index is 12.5. The predicted molar refractivity (Wildman–Crippen MR) is 146 cm³/mol. The molecule has 0 N–H and O–H groups in total. The normalized spacial score (nSPS) is 15.2. The number of aromatic nitrogens is 3. The quantitative estimate of drug-likeness (QED) is 0.234. The molecule has 4 aromatic rings. The molecule has 2 aromatic carbocycles. The van der Waals surface area contributed by atoms with E-state index < -0.39 is 5.60 Å². The first-order valence-corrected chi connectivity index (χ1v) is 13.1. The zero-order valence-electron chi connectivity index (χ0n) is 22.5. The van der Waals surface area contributed by atoms with E-state index in [9.17, 15) is 4.79 Å². The Balaban J connectivity index is 1.42. The van der Waals surface area contributed by atoms with Crippen LogP contribution in [0.3, 0.4) is 0 Å². The second-order valence-electron chi connectivity index (χ2n) is 10.8. The van der Waals surface area contributed by atoms with Gasteiger partial charge in [0.25, 0.3) is 5.89 Å². The Kier molecular flexibility index (Phi) is 6.86. The molecule has 1 aliphatic rings. The van der Waals surface area contributed by atoms with Crippen molar-refractivity contribution in [2.24, 2.45) is 0 Å². The summed E-state index contributed by atoms with van der Waals surface area (Å²) >= 11 is 6.90. The van der Waals surface area contributed by atoms with Crippen molar-refractivity contribution < 1.29 is 23.5 Å². The van der Waals surface area contributed by atoms with Gasteiger partial charge in [-0.1, -0.05) is 16.8 Å². The molecule has 200 valence electrons. The Labute approximate surface area is 226 Å². The maximum Gasteiger partial charge on any atom is 0.306 e. The fraction of sp³-hybridized carbons (Fsp3) is 0.414. The second kappa shape index (κ2) is 9.98. The average Bonchev–Trinajstić information content (AvgIpc) is 3.55. The molecule has 1 atom stereocenters. The number of fused-ring (bicyclic) bond motifs is 3. The summed E-state index contributed by atoms with van der Waals surface area (Å²) in [6.07, 6.45) is 1.18. The first kappa shape index (κ1) is 26.1. The highest BCUT2D eigenvalue weighted by molar-refractivity contribution is 6.36. The molecule has 3 heterocycles. The molecule has 38 heavy (non-hydrogen) atoms. The lowest BCUT2D eigenvalue weighted by atomic mass is 9.99. The van der Waals surface area contributed by atoms with Gasteiger partial charge in [0.15, 0.2) is 11.5 Å². The molecule has 5 rings (SSSR count). The van der Waals surface area contributed by atoms with Crippen LogP contribution in [0.1, 0.15) is 59.1 Å². The van der Waals surface area contributed by atoms with E-state index in [1.807, 2.05) is 71.0 Å². The summed E-state index contributed by atoms with van der Waals surface area (Å²) in [5, 5.41) is 5.76. The van der Waals surface area contributed by atoms with Gasteiger partial charge in [-0.2, -0.15) is 4.98 Å². The van der Waals surface area contributed by atoms with Crippen molar-refractivity contribution in [1.29, 1.82) is 0 Å². The molecule has 0 aliphatic carbocycles. The number of hydrogen-bond acceptors (Lipinski definition) is 7. The van der Waals surface area contributed by atoms with Crippen LogP contribution in [0.15, 0.2) is 40.9 Å². The number of carbonyl (C=O) groups is 1. The fourth-order valence-electron chi connectivity index (χ4n) is 4.93. The van der Waals surface area contributed by atoms with Crippen LogP contribution in [0.5, 0.6) is 11.5 Å². The van der Waals surface area contributed by atoms with Gasteiger partial charge in [-0.05, 0) is 77.4 Å². The summed E-state index contributed by atoms with van der Waals surface area (Å²) < 4.78 is 24.6. The molecule has 0 saturated heterocycles. The molecule has 8 nitrogen and oxygen atoms in total. The number of benzene rings is 2. The van der Waals surface area contributed by atoms with Crippen LogP contribution in [0, 0.1) is 0 Å². The third-order valence-corrected chi connectivity index (χ3v) is 6.82. The highest BCUT2D eigenvalue weighted by Gasteiger charge is 2.32. The number of nitrogens with zero attached hydrogens (tertiary/aromatic N) is 3. The predicted octanol–water partition coefficient (Wildman–Crippen LogP) is 7.03. The minimum Gasteiger partial charge on any atom is -0.493 e. The molecule has 0 bridgehead atoms. The number of methoxy groups -OCH3 is 1. The van der Waals surface area contributed by atoms with E-state index >= 15 is 0 Å². The van der Waals surface area contributed by atoms with Gasteiger partial charge in [0.2, 0.25) is 5.82 Å². The average molecular weight is 538 g/mol. The van der Waals surface area contributed by atoms with Gasteiger partial charge in [-0.3, -0.25) is 4.79 Å². The molecule has 0 saturated carbocycles. The molecule has 0 fully saturated rings. The summed E-state index contributed by atoms with van der Waals surface area (Å²) in [5.41, 5.74) is 3.00. The van der Waals surface area contributed by atoms with Crippen LogP contribution in [0.4, 0.5) is 0 Å². The Hall–Kier alpha value is -3.52. The van der Waals surface area contributed by atoms with Crippen molar-refractivity contribution in [2.45, 2.75) is 71.6 Å². The molecular weight excluding hydrogens is 506 g/mol. The molecule has 0 spiro atoms. The largest absolute Gasteiger partial charge is 0.493 e. The highest BCUT2D eigenvalue weighted by Crippen LogP contribution is 2.44. The Bertz CT molecular complexity index is 1500. The molecular formula is C29H32ClN3O5. The smallest absolute Gasteiger partial charge is 0.306 e. The molecule has 2 aromatic heterocycles. The van der Waals surface area contributed by atoms with Crippen LogP contribution < -0.4 is 9.47 Å². The van der Waals surface area contributed by atoms with E-state index in [1.54, 1.807) is 7.11 Å². The van der Waals surface area contributed by atoms with Crippen molar-refractivity contribution in [3.63, 3.8) is 0 Å². The molecule has 0 amide bonds. The van der Waals surface area contributed by atoms with E-state index in [4.69, 9.17) is 30.3 Å². The van der Waals surface area contributed by atoms with Gasteiger partial charge in [-0.15, -0.1) is 0 Å². The first-order chi connectivity index (χ1) is 18.0. The number of rotatable bonds is 7. The topological polar surface area (TPSA) is 88.6 Å². The fourth-order valence-corrected chi connectivity index (χ4v) is 5.34. The van der Waals surface area contributed by atoms with Crippen molar-refractivity contribution in [3.05, 3.63) is 47.1 Å². The van der Waals surface area contributed by atoms with Gasteiger partial charge in [-0.25, -0.2) is 0 Å². The monoisotopic (exact) mass is 537 g/mol. The Morgan fingerprint density at radius 1 is 1.16 bits per heavy atom. The lowest BCUT2D eigenvalue weighted by Gasteiger charge is -2.20. The molecule has 9 heteroatoms. The van der Waals surface area contributed by atoms with Crippen LogP contribution in [0.25, 0.3) is 33.7 Å². The molecule has 1 unspecified atom stereocenters. The third-order valence-electron chi connectivity index (χ3n) is 6.42. The van der Waals surface area contributed by atoms with Crippen molar-refractivity contribution in [3.8, 4) is 34.3 Å². The number of esters is 1. The van der Waals surface area contributed by atoms with Gasteiger partial charge >= 0.3 is 5.97 Å². The number of carbonyl (C=O) groups excluding carboxylic acids is 1. The van der Waals surface area contributed by atoms with E-state index in [-0.39, 0.29) is 18.0 Å². The highest BCUT2D eigenvalue weighted by atomic mass is 35.5. The van der Waals surface area contributed by atoms with E-state index in [0.29, 0.717) is 34.7 Å². The summed E-state index contributed by atoms with van der Waals surface area (Å²) in [5.74, 6) is 1.88. The minimum absolute atomic E-state index is 0.0163. The van der Waals surface area contributed by atoms with Crippen LogP contribution in [-0.2, 0) is 16.1 Å². The summed E-state index contributed by atoms with van der Waals surface area (Å²) in [4.78, 5) is 17.1. The van der Waals surface area contributed by atoms with Crippen LogP contribution in [0.2, 0.25) is 5.02 Å². The Morgan fingerprint density at radius 3 is 2.63 bits per heavy atom. The van der Waals surface area contributed by atoms with Gasteiger partial charge in [0.1, 0.15) is 5.60 Å².